The minimum absolute atomic E-state index is 0.0203. The van der Waals surface area contributed by atoms with E-state index in [1.165, 1.54) is 5.56 Å². The number of hydrogen-bond donors (Lipinski definition) is 2. The van der Waals surface area contributed by atoms with E-state index in [0.29, 0.717) is 13.1 Å². The van der Waals surface area contributed by atoms with Gasteiger partial charge in [0, 0.05) is 17.6 Å². The van der Waals surface area contributed by atoms with E-state index in [1.54, 1.807) is 0 Å². The molecule has 0 aromatic heterocycles. The largest absolute Gasteiger partial charge is 0.364 e. The van der Waals surface area contributed by atoms with Gasteiger partial charge >= 0.3 is 0 Å². The summed E-state index contributed by atoms with van der Waals surface area (Å²) < 4.78 is 6.61. The standard InChI is InChI=1S/C14H19BrN2O2/c15-11-3-1-10(2-4-11)7-8-17-14(18)13-6-5-12(9-16)19-13/h1-4,12-13H,5-9,16H2,(H,17,18)/t12-,13+/m1/s1. The number of rotatable bonds is 5. The molecule has 3 N–H and O–H groups in total. The predicted octanol–water partition coefficient (Wildman–Crippen LogP) is 1.61. The summed E-state index contributed by atoms with van der Waals surface area (Å²) in [4.78, 5) is 11.9. The Morgan fingerprint density at radius 2 is 2.11 bits per heavy atom. The van der Waals surface area contributed by atoms with E-state index >= 15 is 0 Å². The Balaban J connectivity index is 1.71. The number of benzene rings is 1. The second-order valence-electron chi connectivity index (χ2n) is 4.73. The van der Waals surface area contributed by atoms with Crippen molar-refractivity contribution < 1.29 is 9.53 Å². The first-order valence-corrected chi connectivity index (χ1v) is 7.36. The van der Waals surface area contributed by atoms with Crippen LogP contribution in [-0.2, 0) is 16.0 Å². The van der Waals surface area contributed by atoms with Gasteiger partial charge in [-0.1, -0.05) is 28.1 Å². The van der Waals surface area contributed by atoms with Gasteiger partial charge in [0.05, 0.1) is 6.10 Å². The monoisotopic (exact) mass is 326 g/mol. The van der Waals surface area contributed by atoms with E-state index in [4.69, 9.17) is 10.5 Å². The van der Waals surface area contributed by atoms with E-state index < -0.39 is 0 Å². The maximum atomic E-state index is 11.9. The molecule has 1 heterocycles. The second kappa shape index (κ2) is 7.03. The highest BCUT2D eigenvalue weighted by Gasteiger charge is 2.29. The summed E-state index contributed by atoms with van der Waals surface area (Å²) in [6, 6.07) is 8.10. The predicted molar refractivity (Wildman–Crippen MR) is 77.8 cm³/mol. The number of carbonyl (C=O) groups excluding carboxylic acids is 1. The lowest BCUT2D eigenvalue weighted by molar-refractivity contribution is -0.131. The summed E-state index contributed by atoms with van der Waals surface area (Å²) >= 11 is 3.40. The van der Waals surface area contributed by atoms with Crippen molar-refractivity contribution in [3.8, 4) is 0 Å². The Labute approximate surface area is 121 Å². The zero-order valence-electron chi connectivity index (χ0n) is 10.8. The molecule has 5 heteroatoms. The van der Waals surface area contributed by atoms with Crippen LogP contribution in [0.3, 0.4) is 0 Å². The first-order valence-electron chi connectivity index (χ1n) is 6.56. The van der Waals surface area contributed by atoms with Crippen molar-refractivity contribution in [3.63, 3.8) is 0 Å². The van der Waals surface area contributed by atoms with Crippen molar-refractivity contribution in [2.45, 2.75) is 31.5 Å². The highest BCUT2D eigenvalue weighted by atomic mass is 79.9. The van der Waals surface area contributed by atoms with E-state index in [-0.39, 0.29) is 18.1 Å². The van der Waals surface area contributed by atoms with Gasteiger partial charge in [-0.05, 0) is 37.0 Å². The van der Waals surface area contributed by atoms with Gasteiger partial charge in [-0.15, -0.1) is 0 Å². The van der Waals surface area contributed by atoms with Crippen LogP contribution in [0, 0.1) is 0 Å². The van der Waals surface area contributed by atoms with E-state index in [0.717, 1.165) is 23.7 Å². The summed E-state index contributed by atoms with van der Waals surface area (Å²) in [7, 11) is 0. The fraction of sp³-hybridized carbons (Fsp3) is 0.500. The lowest BCUT2D eigenvalue weighted by Gasteiger charge is -2.12. The quantitative estimate of drug-likeness (QED) is 0.864. The van der Waals surface area contributed by atoms with Gasteiger partial charge in [-0.3, -0.25) is 4.79 Å². The van der Waals surface area contributed by atoms with Gasteiger partial charge in [-0.2, -0.15) is 0 Å². The molecule has 0 radical (unpaired) electrons. The summed E-state index contributed by atoms with van der Waals surface area (Å²) in [5.74, 6) is -0.0203. The maximum absolute atomic E-state index is 11.9. The van der Waals surface area contributed by atoms with Crippen LogP contribution < -0.4 is 11.1 Å². The fourth-order valence-electron chi connectivity index (χ4n) is 2.17. The molecular weight excluding hydrogens is 308 g/mol. The molecule has 1 aromatic rings. The highest BCUT2D eigenvalue weighted by Crippen LogP contribution is 2.18. The van der Waals surface area contributed by atoms with Crippen molar-refractivity contribution in [1.82, 2.24) is 5.32 Å². The van der Waals surface area contributed by atoms with Crippen LogP contribution in [-0.4, -0.2) is 31.2 Å². The summed E-state index contributed by atoms with van der Waals surface area (Å²) in [6.07, 6.45) is 2.19. The Hall–Kier alpha value is -0.910. The van der Waals surface area contributed by atoms with Gasteiger partial charge in [0.25, 0.3) is 0 Å². The first-order chi connectivity index (χ1) is 9.19. The summed E-state index contributed by atoms with van der Waals surface area (Å²) in [5, 5.41) is 2.92. The van der Waals surface area contributed by atoms with Gasteiger partial charge < -0.3 is 15.8 Å². The molecule has 1 saturated heterocycles. The third-order valence-electron chi connectivity index (χ3n) is 3.29. The SMILES string of the molecule is NC[C@H]1CC[C@@H](C(=O)NCCc2ccc(Br)cc2)O1. The topological polar surface area (TPSA) is 64.4 Å². The molecule has 2 rings (SSSR count). The lowest BCUT2D eigenvalue weighted by atomic mass is 10.1. The average Bonchev–Trinajstić information content (AvgIpc) is 2.90. The minimum Gasteiger partial charge on any atom is -0.364 e. The number of amides is 1. The molecule has 2 atom stereocenters. The zero-order valence-corrected chi connectivity index (χ0v) is 12.4. The molecule has 1 fully saturated rings. The molecular formula is C14H19BrN2O2. The van der Waals surface area contributed by atoms with Crippen molar-refractivity contribution in [2.24, 2.45) is 5.73 Å². The molecule has 104 valence electrons. The zero-order chi connectivity index (χ0) is 13.7. The molecule has 0 spiro atoms. The summed E-state index contributed by atoms with van der Waals surface area (Å²) in [6.45, 7) is 1.12. The smallest absolute Gasteiger partial charge is 0.249 e. The Bertz CT molecular complexity index is 422. The molecule has 1 aliphatic heterocycles. The molecule has 0 bridgehead atoms. The van der Waals surface area contributed by atoms with E-state index in [2.05, 4.69) is 21.2 Å². The van der Waals surface area contributed by atoms with Gasteiger partial charge in [0.15, 0.2) is 0 Å². The molecule has 1 aliphatic rings. The maximum Gasteiger partial charge on any atom is 0.249 e. The molecule has 0 unspecified atom stereocenters. The summed E-state index contributed by atoms with van der Waals surface area (Å²) in [5.41, 5.74) is 6.73. The van der Waals surface area contributed by atoms with Gasteiger partial charge in [0.1, 0.15) is 6.10 Å². The number of halogens is 1. The van der Waals surface area contributed by atoms with Crippen LogP contribution in [0.2, 0.25) is 0 Å². The minimum atomic E-state index is -0.321. The Kier molecular flexibility index (Phi) is 5.36. The normalized spacial score (nSPS) is 22.4. The molecule has 1 amide bonds. The van der Waals surface area contributed by atoms with Crippen LogP contribution in [0.4, 0.5) is 0 Å². The van der Waals surface area contributed by atoms with Crippen LogP contribution in [0.5, 0.6) is 0 Å². The third kappa shape index (κ3) is 4.30. The number of nitrogens with one attached hydrogen (secondary N) is 1. The molecule has 0 aliphatic carbocycles. The number of ether oxygens (including phenoxy) is 1. The van der Waals surface area contributed by atoms with Crippen LogP contribution in [0.25, 0.3) is 0 Å². The van der Waals surface area contributed by atoms with E-state index in [1.807, 2.05) is 24.3 Å². The van der Waals surface area contributed by atoms with Crippen LogP contribution >= 0.6 is 15.9 Å². The lowest BCUT2D eigenvalue weighted by Crippen LogP contribution is -2.36. The van der Waals surface area contributed by atoms with E-state index in [9.17, 15) is 4.79 Å². The number of hydrogen-bond acceptors (Lipinski definition) is 3. The van der Waals surface area contributed by atoms with Crippen LogP contribution in [0.15, 0.2) is 28.7 Å². The second-order valence-corrected chi connectivity index (χ2v) is 5.64. The molecule has 19 heavy (non-hydrogen) atoms. The van der Waals surface area contributed by atoms with Crippen molar-refractivity contribution in [3.05, 3.63) is 34.3 Å². The average molecular weight is 327 g/mol. The highest BCUT2D eigenvalue weighted by molar-refractivity contribution is 9.10. The molecule has 1 aromatic carbocycles. The Morgan fingerprint density at radius 3 is 2.74 bits per heavy atom. The number of nitrogens with two attached hydrogens (primary N) is 1. The molecule has 0 saturated carbocycles. The third-order valence-corrected chi connectivity index (χ3v) is 3.82. The van der Waals surface area contributed by atoms with Crippen LogP contribution in [0.1, 0.15) is 18.4 Å². The van der Waals surface area contributed by atoms with Gasteiger partial charge in [0.2, 0.25) is 5.91 Å². The van der Waals surface area contributed by atoms with Crippen molar-refractivity contribution >= 4 is 21.8 Å². The Morgan fingerprint density at radius 1 is 1.37 bits per heavy atom. The van der Waals surface area contributed by atoms with Gasteiger partial charge in [-0.25, -0.2) is 0 Å². The first kappa shape index (κ1) is 14.5. The fourth-order valence-corrected chi connectivity index (χ4v) is 2.43. The molecule has 4 nitrogen and oxygen atoms in total. The van der Waals surface area contributed by atoms with Crippen molar-refractivity contribution in [2.75, 3.05) is 13.1 Å². The number of carbonyl (C=O) groups is 1. The van der Waals surface area contributed by atoms with Crippen molar-refractivity contribution in [1.29, 1.82) is 0 Å².